The van der Waals surface area contributed by atoms with Gasteiger partial charge < -0.3 is 9.72 Å². The van der Waals surface area contributed by atoms with Gasteiger partial charge in [0.1, 0.15) is 10.6 Å². The van der Waals surface area contributed by atoms with Crippen molar-refractivity contribution in [2.24, 2.45) is 0 Å². The topological polar surface area (TPSA) is 129 Å². The van der Waals surface area contributed by atoms with E-state index in [1.807, 2.05) is 19.1 Å². The summed E-state index contributed by atoms with van der Waals surface area (Å²) in [5.74, 6) is -1.14. The zero-order valence-electron chi connectivity index (χ0n) is 18.4. The van der Waals surface area contributed by atoms with Gasteiger partial charge in [-0.25, -0.2) is 8.42 Å². The van der Waals surface area contributed by atoms with Gasteiger partial charge >= 0.3 is 0 Å². The van der Waals surface area contributed by atoms with E-state index in [0.29, 0.717) is 16.6 Å². The number of fused-ring (bicyclic) bond motifs is 1. The molecule has 2 amide bonds. The first-order valence-corrected chi connectivity index (χ1v) is 11.7. The number of para-hydroxylation sites is 1. The van der Waals surface area contributed by atoms with E-state index in [4.69, 9.17) is 4.74 Å². The van der Waals surface area contributed by atoms with Crippen LogP contribution in [0.4, 0.5) is 5.69 Å². The lowest BCUT2D eigenvalue weighted by Crippen LogP contribution is -2.41. The molecule has 0 atom stereocenters. The van der Waals surface area contributed by atoms with Crippen molar-refractivity contribution < 1.29 is 22.7 Å². The maximum absolute atomic E-state index is 13.0. The molecular weight excluding hydrogens is 456 g/mol. The first-order valence-electron chi connectivity index (χ1n) is 10.2. The fraction of sp³-hybridized carbons (Fsp3) is 0.0833. The largest absolute Gasteiger partial charge is 0.495 e. The number of anilines is 1. The highest BCUT2D eigenvalue weighted by Crippen LogP contribution is 2.27. The lowest BCUT2D eigenvalue weighted by Gasteiger charge is -2.13. The average molecular weight is 479 g/mol. The summed E-state index contributed by atoms with van der Waals surface area (Å²) in [5, 5.41) is 0.703. The number of carbonyl (C=O) groups is 2. The van der Waals surface area contributed by atoms with Crippen LogP contribution in [0.15, 0.2) is 77.8 Å². The summed E-state index contributed by atoms with van der Waals surface area (Å²) in [6, 6.07) is 18.0. The van der Waals surface area contributed by atoms with E-state index in [1.165, 1.54) is 25.3 Å². The molecule has 9 nitrogen and oxygen atoms in total. The van der Waals surface area contributed by atoms with Crippen molar-refractivity contribution in [2.45, 2.75) is 11.8 Å². The number of benzene rings is 3. The number of sulfonamides is 1. The van der Waals surface area contributed by atoms with Crippen LogP contribution in [0, 0.1) is 6.92 Å². The van der Waals surface area contributed by atoms with Crippen molar-refractivity contribution in [2.75, 3.05) is 11.8 Å². The van der Waals surface area contributed by atoms with Gasteiger partial charge in [-0.15, -0.1) is 0 Å². The molecule has 0 aliphatic carbocycles. The molecule has 1 heterocycles. The quantitative estimate of drug-likeness (QED) is 0.316. The third-order valence-corrected chi connectivity index (χ3v) is 6.55. The van der Waals surface area contributed by atoms with Crippen molar-refractivity contribution in [1.29, 1.82) is 0 Å². The maximum Gasteiger partial charge on any atom is 0.271 e. The number of aromatic amines is 1. The Bertz CT molecular complexity index is 1480. The van der Waals surface area contributed by atoms with E-state index in [1.54, 1.807) is 42.6 Å². The first kappa shape index (κ1) is 22.9. The van der Waals surface area contributed by atoms with E-state index in [-0.39, 0.29) is 16.2 Å². The van der Waals surface area contributed by atoms with Crippen LogP contribution in [0.1, 0.15) is 26.3 Å². The number of rotatable bonds is 6. The Kier molecular flexibility index (Phi) is 6.24. The predicted molar refractivity (Wildman–Crippen MR) is 128 cm³/mol. The molecule has 0 aliphatic rings. The third kappa shape index (κ3) is 4.71. The number of H-pyrrole nitrogens is 1. The highest BCUT2D eigenvalue weighted by Gasteiger charge is 2.22. The predicted octanol–water partition coefficient (Wildman–Crippen LogP) is 3.36. The Hall–Kier alpha value is -4.31. The molecule has 0 bridgehead atoms. The summed E-state index contributed by atoms with van der Waals surface area (Å²) < 4.78 is 33.6. The zero-order chi connectivity index (χ0) is 24.3. The molecule has 0 aliphatic heterocycles. The molecular formula is C24H22N4O5S. The average Bonchev–Trinajstić information content (AvgIpc) is 3.27. The SMILES string of the molecule is COc1ccc(C(=O)NNC(=O)c2c[nH]c3ccccc23)cc1S(=O)(=O)Nc1ccc(C)cc1. The highest BCUT2D eigenvalue weighted by molar-refractivity contribution is 7.92. The number of amides is 2. The molecule has 174 valence electrons. The van der Waals surface area contributed by atoms with Gasteiger partial charge in [0.25, 0.3) is 21.8 Å². The number of ether oxygens (including phenoxy) is 1. The van der Waals surface area contributed by atoms with Crippen molar-refractivity contribution in [3.63, 3.8) is 0 Å². The van der Waals surface area contributed by atoms with Gasteiger partial charge in [-0.3, -0.25) is 25.2 Å². The Morgan fingerprint density at radius 1 is 0.912 bits per heavy atom. The van der Waals surface area contributed by atoms with Gasteiger partial charge in [0.05, 0.1) is 12.7 Å². The van der Waals surface area contributed by atoms with Crippen LogP contribution >= 0.6 is 0 Å². The Morgan fingerprint density at radius 2 is 1.62 bits per heavy atom. The highest BCUT2D eigenvalue weighted by atomic mass is 32.2. The van der Waals surface area contributed by atoms with Crippen molar-refractivity contribution >= 4 is 38.4 Å². The standard InChI is InChI=1S/C24H22N4O5S/c1-15-7-10-17(11-8-15)28-34(31,32)22-13-16(9-12-21(22)33-2)23(29)26-27-24(30)19-14-25-20-6-4-3-5-18(19)20/h3-14,25,28H,1-2H3,(H,26,29)(H,27,30). The molecule has 10 heteroatoms. The van der Waals surface area contributed by atoms with E-state index >= 15 is 0 Å². The van der Waals surface area contributed by atoms with Crippen LogP contribution in [0.3, 0.4) is 0 Å². The molecule has 4 aromatic rings. The van der Waals surface area contributed by atoms with Gasteiger partial charge in [-0.05, 0) is 43.3 Å². The minimum atomic E-state index is -4.06. The maximum atomic E-state index is 13.0. The van der Waals surface area contributed by atoms with Crippen LogP contribution in [-0.2, 0) is 10.0 Å². The molecule has 0 fully saturated rings. The van der Waals surface area contributed by atoms with Crippen LogP contribution in [0.25, 0.3) is 10.9 Å². The number of nitrogens with one attached hydrogen (secondary N) is 4. The number of aryl methyl sites for hydroxylation is 1. The van der Waals surface area contributed by atoms with Gasteiger partial charge in [0, 0.05) is 28.4 Å². The Morgan fingerprint density at radius 3 is 2.35 bits per heavy atom. The van der Waals surface area contributed by atoms with Gasteiger partial charge in [0.15, 0.2) is 0 Å². The number of aromatic nitrogens is 1. The number of hydrogen-bond acceptors (Lipinski definition) is 5. The number of carbonyl (C=O) groups excluding carboxylic acids is 2. The van der Waals surface area contributed by atoms with Gasteiger partial charge in [-0.2, -0.15) is 0 Å². The molecule has 0 saturated carbocycles. The summed E-state index contributed by atoms with van der Waals surface area (Å²) in [5.41, 5.74) is 7.18. The van der Waals surface area contributed by atoms with Gasteiger partial charge in [-0.1, -0.05) is 35.9 Å². The number of methoxy groups -OCH3 is 1. The molecule has 3 aromatic carbocycles. The molecule has 0 saturated heterocycles. The molecule has 34 heavy (non-hydrogen) atoms. The molecule has 4 rings (SSSR count). The van der Waals surface area contributed by atoms with Crippen LogP contribution in [0.2, 0.25) is 0 Å². The summed E-state index contributed by atoms with van der Waals surface area (Å²) in [6.45, 7) is 1.89. The molecule has 0 radical (unpaired) electrons. The second-order valence-corrected chi connectivity index (χ2v) is 9.14. The molecule has 0 spiro atoms. The molecule has 1 aromatic heterocycles. The summed E-state index contributed by atoms with van der Waals surface area (Å²) in [4.78, 5) is 28.0. The van der Waals surface area contributed by atoms with Gasteiger partial charge in [0.2, 0.25) is 0 Å². The van der Waals surface area contributed by atoms with Crippen LogP contribution in [-0.4, -0.2) is 32.3 Å². The van der Waals surface area contributed by atoms with E-state index < -0.39 is 21.8 Å². The lowest BCUT2D eigenvalue weighted by molar-refractivity contribution is 0.0847. The van der Waals surface area contributed by atoms with Crippen LogP contribution < -0.4 is 20.3 Å². The summed E-state index contributed by atoms with van der Waals surface area (Å²) >= 11 is 0. The monoisotopic (exact) mass is 478 g/mol. The van der Waals surface area contributed by atoms with E-state index in [9.17, 15) is 18.0 Å². The number of hydrazine groups is 1. The minimum absolute atomic E-state index is 0.0179. The Labute approximate surface area is 196 Å². The van der Waals surface area contributed by atoms with Crippen molar-refractivity contribution in [3.05, 3.63) is 89.6 Å². The van der Waals surface area contributed by atoms with Crippen LogP contribution in [0.5, 0.6) is 5.75 Å². The lowest BCUT2D eigenvalue weighted by atomic mass is 10.2. The fourth-order valence-electron chi connectivity index (χ4n) is 3.37. The summed E-state index contributed by atoms with van der Waals surface area (Å²) in [6.07, 6.45) is 1.54. The zero-order valence-corrected chi connectivity index (χ0v) is 19.2. The van der Waals surface area contributed by atoms with Crippen molar-refractivity contribution in [1.82, 2.24) is 15.8 Å². The smallest absolute Gasteiger partial charge is 0.271 e. The normalized spacial score (nSPS) is 11.1. The Balaban J connectivity index is 1.52. The molecule has 0 unspecified atom stereocenters. The van der Waals surface area contributed by atoms with E-state index in [0.717, 1.165) is 11.1 Å². The van der Waals surface area contributed by atoms with E-state index in [2.05, 4.69) is 20.6 Å². The van der Waals surface area contributed by atoms with Crippen molar-refractivity contribution in [3.8, 4) is 5.75 Å². The number of hydrogen-bond donors (Lipinski definition) is 4. The first-order chi connectivity index (χ1) is 16.3. The third-order valence-electron chi connectivity index (χ3n) is 5.14. The second-order valence-electron chi connectivity index (χ2n) is 7.49. The summed E-state index contributed by atoms with van der Waals surface area (Å²) in [7, 11) is -2.73. The molecule has 4 N–H and O–H groups in total. The minimum Gasteiger partial charge on any atom is -0.495 e. The second kappa shape index (κ2) is 9.28. The fourth-order valence-corrected chi connectivity index (χ4v) is 4.63.